The molecule has 5 heterocycles. The van der Waals surface area contributed by atoms with E-state index in [1.54, 1.807) is 13.8 Å². The van der Waals surface area contributed by atoms with Gasteiger partial charge in [-0.1, -0.05) is 212 Å². The summed E-state index contributed by atoms with van der Waals surface area (Å²) in [5.74, 6) is -0.503. The van der Waals surface area contributed by atoms with Crippen molar-refractivity contribution in [3.8, 4) is 0 Å². The van der Waals surface area contributed by atoms with E-state index in [4.69, 9.17) is 80.5 Å². The molecule has 5 aliphatic rings. The van der Waals surface area contributed by atoms with E-state index in [-0.39, 0.29) is 52.9 Å². The smallest absolute Gasteiger partial charge is 0.217 e. The molecule has 24 nitrogen and oxygen atoms in total. The quantitative estimate of drug-likeness (QED) is 0.0232. The van der Waals surface area contributed by atoms with Crippen LogP contribution < -0.4 is 5.32 Å². The number of amides is 1. The van der Waals surface area contributed by atoms with Crippen molar-refractivity contribution in [3.63, 3.8) is 0 Å². The van der Waals surface area contributed by atoms with Crippen molar-refractivity contribution in [2.45, 2.75) is 227 Å². The van der Waals surface area contributed by atoms with E-state index < -0.39 is 166 Å². The van der Waals surface area contributed by atoms with Crippen LogP contribution in [0.2, 0.25) is 0 Å². The van der Waals surface area contributed by atoms with Gasteiger partial charge in [0, 0.05) is 14.0 Å². The van der Waals surface area contributed by atoms with Gasteiger partial charge in [0.1, 0.15) is 104 Å². The summed E-state index contributed by atoms with van der Waals surface area (Å²) in [6.07, 6.45) is -32.1. The Labute approximate surface area is 618 Å². The van der Waals surface area contributed by atoms with Crippen LogP contribution in [0.15, 0.2) is 212 Å². The summed E-state index contributed by atoms with van der Waals surface area (Å²) in [5.41, 5.74) is 5.80. The Balaban J connectivity index is 1.00. The van der Waals surface area contributed by atoms with Crippen LogP contribution in [0.25, 0.3) is 0 Å². The van der Waals surface area contributed by atoms with Gasteiger partial charge in [-0.05, 0) is 59.7 Å². The normalized spacial score (nSPS) is 33.4. The standard InChI is InChI=1S/C82H99NO23/c1-50-64(86)66(88)67(89)79(98-50)106-77-74(105-81-75(96-47-59-37-23-11-24-38-59)72(95-46-58-35-21-10-22-36-58)70(94-45-57-33-19-9-20-34-57)62(102-81)49-91-42-54-27-13-6-14-28-54)69(93-44-56-31-17-8-18-32-56)52(3)100-82(77)104-73-68(92-43-55-29-15-7-16-30-55)51(2)99-80(76(73)97-48-60-39-25-12-26-40-60)103-71-63(83-53(4)85)78(90-5)101-61(41-84)65(71)87/h6-40,50-52,61-82,84,86-89H,41-49H2,1-5H3,(H,83,85)/t50-,51-,52-,61+,62+,63+,64-,65+,66+,67+,68-,69-,70+,71+,72-,73+,74+,75+,76+,77+,78+,79-,80-,81+,82-/m0/s1. The molecular formula is C82H99NO23. The number of carbonyl (C=O) groups excluding carboxylic acids is 1. The molecule has 1 amide bonds. The fourth-order valence-electron chi connectivity index (χ4n) is 14.0. The second kappa shape index (κ2) is 39.0. The van der Waals surface area contributed by atoms with E-state index >= 15 is 0 Å². The van der Waals surface area contributed by atoms with Gasteiger partial charge in [-0.25, -0.2) is 0 Å². The highest BCUT2D eigenvalue weighted by atomic mass is 16.8. The third-order valence-electron chi connectivity index (χ3n) is 19.6. The first-order chi connectivity index (χ1) is 51.7. The highest BCUT2D eigenvalue weighted by Gasteiger charge is 2.59. The number of rotatable bonds is 33. The molecule has 24 heteroatoms. The lowest BCUT2D eigenvalue weighted by atomic mass is 9.94. The molecule has 5 saturated heterocycles. The van der Waals surface area contributed by atoms with Crippen molar-refractivity contribution in [2.24, 2.45) is 0 Å². The molecule has 5 aliphatic heterocycles. The molecule has 0 bridgehead atoms. The third kappa shape index (κ3) is 20.5. The molecule has 0 unspecified atom stereocenters. The number of benzene rings is 7. The topological polar surface area (TPSA) is 287 Å². The molecule has 0 aliphatic carbocycles. The molecule has 25 atom stereocenters. The minimum absolute atomic E-state index is 0.00925. The van der Waals surface area contributed by atoms with Crippen molar-refractivity contribution in [1.82, 2.24) is 5.32 Å². The zero-order valence-corrected chi connectivity index (χ0v) is 60.1. The second-order valence-electron chi connectivity index (χ2n) is 27.3. The molecule has 570 valence electrons. The zero-order valence-electron chi connectivity index (χ0n) is 60.1. The summed E-state index contributed by atoms with van der Waals surface area (Å²) in [5, 5.41) is 60.8. The Bertz CT molecular complexity index is 3660. The first-order valence-electron chi connectivity index (χ1n) is 36.3. The van der Waals surface area contributed by atoms with Gasteiger partial charge >= 0.3 is 0 Å². The molecule has 7 aromatic rings. The van der Waals surface area contributed by atoms with Crippen LogP contribution in [0.3, 0.4) is 0 Å². The molecule has 0 radical (unpaired) electrons. The number of carbonyl (C=O) groups is 1. The minimum Gasteiger partial charge on any atom is -0.394 e. The predicted octanol–water partition coefficient (Wildman–Crippen LogP) is 7.53. The highest BCUT2D eigenvalue weighted by Crippen LogP contribution is 2.42. The molecule has 0 spiro atoms. The Morgan fingerprint density at radius 3 is 1.08 bits per heavy atom. The van der Waals surface area contributed by atoms with Gasteiger partial charge < -0.3 is 111 Å². The van der Waals surface area contributed by atoms with Gasteiger partial charge in [0.15, 0.2) is 31.5 Å². The Hall–Kier alpha value is -6.87. The van der Waals surface area contributed by atoms with Crippen molar-refractivity contribution >= 4 is 5.91 Å². The molecule has 7 aromatic carbocycles. The summed E-state index contributed by atoms with van der Waals surface area (Å²) in [6, 6.07) is 66.0. The summed E-state index contributed by atoms with van der Waals surface area (Å²) < 4.78 is 119. The first-order valence-corrected chi connectivity index (χ1v) is 36.3. The van der Waals surface area contributed by atoms with Crippen LogP contribution in [0.1, 0.15) is 66.6 Å². The first kappa shape index (κ1) is 78.7. The number of nitrogens with one attached hydrogen (secondary N) is 1. The third-order valence-corrected chi connectivity index (χ3v) is 19.6. The minimum atomic E-state index is -1.89. The maximum absolute atomic E-state index is 13.1. The van der Waals surface area contributed by atoms with Gasteiger partial charge in [0.2, 0.25) is 5.91 Å². The number of aliphatic hydroxyl groups excluding tert-OH is 5. The van der Waals surface area contributed by atoms with E-state index in [0.717, 1.165) is 38.9 Å². The Morgan fingerprint density at radius 2 is 0.670 bits per heavy atom. The zero-order chi connectivity index (χ0) is 73.9. The summed E-state index contributed by atoms with van der Waals surface area (Å²) in [7, 11) is 1.36. The van der Waals surface area contributed by atoms with E-state index in [2.05, 4.69) is 5.32 Å². The second-order valence-corrected chi connectivity index (χ2v) is 27.3. The molecule has 12 rings (SSSR count). The van der Waals surface area contributed by atoms with E-state index in [1.807, 2.05) is 212 Å². The van der Waals surface area contributed by atoms with Crippen LogP contribution in [-0.4, -0.2) is 205 Å². The fourth-order valence-corrected chi connectivity index (χ4v) is 14.0. The number of hydrogen-bond donors (Lipinski definition) is 6. The van der Waals surface area contributed by atoms with Crippen molar-refractivity contribution in [1.29, 1.82) is 0 Å². The van der Waals surface area contributed by atoms with Crippen molar-refractivity contribution in [2.75, 3.05) is 20.3 Å². The monoisotopic (exact) mass is 1470 g/mol. The summed E-state index contributed by atoms with van der Waals surface area (Å²) >= 11 is 0. The SMILES string of the molecule is CO[C@@H]1O[C@H](CO)[C@@H](O)[C@H](O[C@@H]2O[C@@H](C)[C@H](OCc3ccccc3)[C@@H](O[C@@H]3O[C@@H](C)[C@H](OCc4ccccc4)[C@@H](O[C@H]4O[C@H](COCc5ccccc5)[C@@H](OCc5ccccc5)[C@H](OCc5ccccc5)[C@H]4OCc4ccccc4)[C@H]3O[C@@H]3O[C@@H](C)[C@H](O)[C@@H](O)[C@H]3O)[C@H]2OCc2ccccc2)[C@H]1NC(C)=O. The van der Waals surface area contributed by atoms with Crippen LogP contribution in [-0.2, 0) is 132 Å². The van der Waals surface area contributed by atoms with Crippen LogP contribution in [0.4, 0.5) is 0 Å². The molecule has 5 fully saturated rings. The lowest BCUT2D eigenvalue weighted by molar-refractivity contribution is -0.412. The van der Waals surface area contributed by atoms with Crippen LogP contribution in [0.5, 0.6) is 0 Å². The lowest BCUT2D eigenvalue weighted by Crippen LogP contribution is -2.69. The number of ether oxygens (including phenoxy) is 17. The largest absolute Gasteiger partial charge is 0.394 e. The van der Waals surface area contributed by atoms with E-state index in [1.165, 1.54) is 21.0 Å². The molecule has 0 saturated carbocycles. The van der Waals surface area contributed by atoms with E-state index in [0.29, 0.717) is 0 Å². The average Bonchev–Trinajstić information content (AvgIpc) is 0.761. The maximum Gasteiger partial charge on any atom is 0.217 e. The lowest BCUT2D eigenvalue weighted by Gasteiger charge is -2.53. The molecular weight excluding hydrogens is 1370 g/mol. The van der Waals surface area contributed by atoms with Gasteiger partial charge in [-0.3, -0.25) is 4.79 Å². The summed E-state index contributed by atoms with van der Waals surface area (Å²) in [6.45, 7) is 6.12. The van der Waals surface area contributed by atoms with Crippen molar-refractivity contribution in [3.05, 3.63) is 251 Å². The van der Waals surface area contributed by atoms with Gasteiger partial charge in [0.05, 0.1) is 77.8 Å². The van der Waals surface area contributed by atoms with Crippen LogP contribution in [0, 0.1) is 0 Å². The molecule has 106 heavy (non-hydrogen) atoms. The van der Waals surface area contributed by atoms with Gasteiger partial charge in [-0.2, -0.15) is 0 Å². The van der Waals surface area contributed by atoms with Gasteiger partial charge in [-0.15, -0.1) is 0 Å². The molecule has 6 N–H and O–H groups in total. The van der Waals surface area contributed by atoms with E-state index in [9.17, 15) is 30.3 Å². The Kier molecular flexibility index (Phi) is 28.9. The number of hydrogen-bond acceptors (Lipinski definition) is 23. The fraction of sp³-hybridized carbons (Fsp3) is 0.476. The predicted molar refractivity (Wildman–Crippen MR) is 382 cm³/mol. The number of methoxy groups -OCH3 is 1. The molecule has 0 aromatic heterocycles. The summed E-state index contributed by atoms with van der Waals surface area (Å²) in [4.78, 5) is 13.1. The van der Waals surface area contributed by atoms with Crippen molar-refractivity contribution < 1.29 is 111 Å². The Morgan fingerprint density at radius 1 is 0.340 bits per heavy atom. The maximum atomic E-state index is 13.1. The number of aliphatic hydroxyl groups is 5. The average molecular weight is 1470 g/mol. The van der Waals surface area contributed by atoms with Gasteiger partial charge in [0.25, 0.3) is 0 Å². The highest BCUT2D eigenvalue weighted by molar-refractivity contribution is 5.73. The van der Waals surface area contributed by atoms with Crippen LogP contribution >= 0.6 is 0 Å².